The molecule has 1 atom stereocenters. The first-order valence-electron chi connectivity index (χ1n) is 8.96. The fourth-order valence-electron chi connectivity index (χ4n) is 2.84. The summed E-state index contributed by atoms with van der Waals surface area (Å²) in [6.45, 7) is 11.4. The Morgan fingerprint density at radius 1 is 1.38 bits per heavy atom. The van der Waals surface area contributed by atoms with E-state index in [9.17, 15) is 4.79 Å². The molecule has 1 aliphatic heterocycles. The molecule has 1 fully saturated rings. The summed E-state index contributed by atoms with van der Waals surface area (Å²) in [6.07, 6.45) is 5.17. The molecular weight excluding hydrogens is 302 g/mol. The van der Waals surface area contributed by atoms with E-state index in [1.54, 1.807) is 4.90 Å². The number of aromatic nitrogens is 1. The fraction of sp³-hybridized carbons (Fsp3) is 0.684. The molecule has 2 heterocycles. The zero-order valence-electron chi connectivity index (χ0n) is 15.6. The molecule has 0 aliphatic carbocycles. The number of carbonyl (C=O) groups excluding carboxylic acids is 1. The zero-order chi connectivity index (χ0) is 17.7. The second kappa shape index (κ2) is 7.97. The van der Waals surface area contributed by atoms with Crippen LogP contribution >= 0.6 is 0 Å². The maximum atomic E-state index is 12.5. The Hall–Kier alpha value is -1.62. The van der Waals surface area contributed by atoms with E-state index < -0.39 is 5.60 Å². The van der Waals surface area contributed by atoms with Gasteiger partial charge in [0.1, 0.15) is 11.4 Å². The Balaban J connectivity index is 2.15. The predicted molar refractivity (Wildman–Crippen MR) is 97.2 cm³/mol. The second-order valence-corrected chi connectivity index (χ2v) is 7.94. The van der Waals surface area contributed by atoms with Gasteiger partial charge in [-0.25, -0.2) is 9.78 Å². The first kappa shape index (κ1) is 18.7. The normalized spacial score (nSPS) is 18.5. The van der Waals surface area contributed by atoms with Crippen LogP contribution in [0, 0.1) is 5.92 Å². The Morgan fingerprint density at radius 3 is 2.62 bits per heavy atom. The Kier molecular flexibility index (Phi) is 6.21. The van der Waals surface area contributed by atoms with E-state index in [1.165, 1.54) is 18.4 Å². The number of pyridine rings is 1. The molecule has 0 saturated carbocycles. The number of ether oxygens (including phenoxy) is 1. The quantitative estimate of drug-likeness (QED) is 0.893. The van der Waals surface area contributed by atoms with Crippen molar-refractivity contribution >= 4 is 11.9 Å². The lowest BCUT2D eigenvalue weighted by Gasteiger charge is -2.28. The van der Waals surface area contributed by atoms with Gasteiger partial charge in [0.25, 0.3) is 0 Å². The zero-order valence-corrected chi connectivity index (χ0v) is 15.6. The van der Waals surface area contributed by atoms with Gasteiger partial charge < -0.3 is 10.1 Å². The van der Waals surface area contributed by atoms with Crippen molar-refractivity contribution in [3.63, 3.8) is 0 Å². The third-order valence-corrected chi connectivity index (χ3v) is 3.92. The van der Waals surface area contributed by atoms with Gasteiger partial charge in [-0.05, 0) is 57.7 Å². The number of hydrogen-bond acceptors (Lipinski definition) is 4. The largest absolute Gasteiger partial charge is 0.443 e. The maximum Gasteiger partial charge on any atom is 0.416 e. The monoisotopic (exact) mass is 333 g/mol. The second-order valence-electron chi connectivity index (χ2n) is 7.94. The molecule has 1 unspecified atom stereocenters. The van der Waals surface area contributed by atoms with E-state index >= 15 is 0 Å². The van der Waals surface area contributed by atoms with E-state index in [-0.39, 0.29) is 6.09 Å². The maximum absolute atomic E-state index is 12.5. The Bertz CT molecular complexity index is 529. The van der Waals surface area contributed by atoms with Gasteiger partial charge in [0, 0.05) is 18.8 Å². The number of hydrogen-bond donors (Lipinski definition) is 1. The highest BCUT2D eigenvalue weighted by molar-refractivity contribution is 5.86. The number of anilines is 1. The Labute approximate surface area is 145 Å². The molecule has 1 aromatic rings. The first-order chi connectivity index (χ1) is 11.3. The van der Waals surface area contributed by atoms with E-state index in [1.807, 2.05) is 33.0 Å². The fourth-order valence-corrected chi connectivity index (χ4v) is 2.84. The summed E-state index contributed by atoms with van der Waals surface area (Å²) in [6, 6.07) is 4.38. The van der Waals surface area contributed by atoms with Gasteiger partial charge in [-0.3, -0.25) is 4.90 Å². The predicted octanol–water partition coefficient (Wildman–Crippen LogP) is 4.29. The SMILES string of the molecule is CC(C)CN(C(=O)OC(C)(C)C)c1ccc(C2CCCCN2)cn1. The lowest BCUT2D eigenvalue weighted by Crippen LogP contribution is -2.39. The number of nitrogens with one attached hydrogen (secondary N) is 1. The average Bonchev–Trinajstić information content (AvgIpc) is 2.52. The molecule has 5 nitrogen and oxygen atoms in total. The minimum absolute atomic E-state index is 0.332. The lowest BCUT2D eigenvalue weighted by molar-refractivity contribution is 0.0575. The van der Waals surface area contributed by atoms with Crippen LogP contribution in [0.4, 0.5) is 10.6 Å². The molecule has 0 spiro atoms. The van der Waals surface area contributed by atoms with Gasteiger partial charge in [-0.1, -0.05) is 26.3 Å². The van der Waals surface area contributed by atoms with Gasteiger partial charge >= 0.3 is 6.09 Å². The summed E-state index contributed by atoms with van der Waals surface area (Å²) in [7, 11) is 0. The van der Waals surface area contributed by atoms with Gasteiger partial charge in [0.05, 0.1) is 0 Å². The van der Waals surface area contributed by atoms with Crippen LogP contribution in [-0.4, -0.2) is 29.8 Å². The molecule has 0 aromatic carbocycles. The van der Waals surface area contributed by atoms with Crippen molar-refractivity contribution in [1.82, 2.24) is 10.3 Å². The van der Waals surface area contributed by atoms with Crippen molar-refractivity contribution in [2.24, 2.45) is 5.92 Å². The standard InChI is InChI=1S/C19H31N3O2/c1-14(2)13-22(18(23)24-19(3,4)5)17-10-9-15(12-21-17)16-8-6-7-11-20-16/h9-10,12,14,16,20H,6-8,11,13H2,1-5H3. The highest BCUT2D eigenvalue weighted by Gasteiger charge is 2.25. The van der Waals surface area contributed by atoms with E-state index in [4.69, 9.17) is 4.74 Å². The summed E-state index contributed by atoms with van der Waals surface area (Å²) < 4.78 is 5.54. The molecule has 5 heteroatoms. The minimum atomic E-state index is -0.516. The number of nitrogens with zero attached hydrogens (tertiary/aromatic N) is 2. The molecule has 0 bridgehead atoms. The van der Waals surface area contributed by atoms with Gasteiger partial charge in [0.15, 0.2) is 0 Å². The van der Waals surface area contributed by atoms with Crippen LogP contribution in [0.5, 0.6) is 0 Å². The smallest absolute Gasteiger partial charge is 0.416 e. The summed E-state index contributed by atoms with van der Waals surface area (Å²) in [5, 5.41) is 3.52. The van der Waals surface area contributed by atoms with Gasteiger partial charge in [-0.2, -0.15) is 0 Å². The molecule has 1 saturated heterocycles. The molecule has 24 heavy (non-hydrogen) atoms. The topological polar surface area (TPSA) is 54.5 Å². The number of amides is 1. The van der Waals surface area contributed by atoms with Crippen LogP contribution in [0.25, 0.3) is 0 Å². The lowest BCUT2D eigenvalue weighted by atomic mass is 9.99. The highest BCUT2D eigenvalue weighted by Crippen LogP contribution is 2.24. The summed E-state index contributed by atoms with van der Waals surface area (Å²) in [4.78, 5) is 18.7. The van der Waals surface area contributed by atoms with Crippen molar-refractivity contribution in [3.05, 3.63) is 23.9 Å². The first-order valence-corrected chi connectivity index (χ1v) is 8.96. The van der Waals surface area contributed by atoms with Crippen LogP contribution in [0.3, 0.4) is 0 Å². The number of piperidine rings is 1. The Morgan fingerprint density at radius 2 is 2.12 bits per heavy atom. The van der Waals surface area contributed by atoms with Gasteiger partial charge in [0.2, 0.25) is 0 Å². The molecule has 1 N–H and O–H groups in total. The van der Waals surface area contributed by atoms with Crippen LogP contribution < -0.4 is 10.2 Å². The summed E-state index contributed by atoms with van der Waals surface area (Å²) >= 11 is 0. The molecule has 1 amide bonds. The van der Waals surface area contributed by atoms with E-state index in [0.29, 0.717) is 24.3 Å². The molecule has 1 aromatic heterocycles. The van der Waals surface area contributed by atoms with Crippen LogP contribution in [-0.2, 0) is 4.74 Å². The number of rotatable bonds is 4. The van der Waals surface area contributed by atoms with Crippen LogP contribution in [0.15, 0.2) is 18.3 Å². The molecule has 0 radical (unpaired) electrons. The van der Waals surface area contributed by atoms with Crippen molar-refractivity contribution in [2.75, 3.05) is 18.0 Å². The number of carbonyl (C=O) groups is 1. The van der Waals surface area contributed by atoms with Crippen molar-refractivity contribution in [2.45, 2.75) is 65.5 Å². The molecule has 134 valence electrons. The third kappa shape index (κ3) is 5.48. The van der Waals surface area contributed by atoms with Crippen molar-refractivity contribution < 1.29 is 9.53 Å². The highest BCUT2D eigenvalue weighted by atomic mass is 16.6. The average molecular weight is 333 g/mol. The third-order valence-electron chi connectivity index (χ3n) is 3.92. The molecule has 2 rings (SSSR count). The summed E-state index contributed by atoms with van der Waals surface area (Å²) in [5.41, 5.74) is 0.672. The van der Waals surface area contributed by atoms with Crippen LogP contribution in [0.2, 0.25) is 0 Å². The molecular formula is C19H31N3O2. The molecule has 1 aliphatic rings. The van der Waals surface area contributed by atoms with E-state index in [0.717, 1.165) is 13.0 Å². The summed E-state index contributed by atoms with van der Waals surface area (Å²) in [5.74, 6) is 0.983. The van der Waals surface area contributed by atoms with E-state index in [2.05, 4.69) is 30.2 Å². The van der Waals surface area contributed by atoms with Crippen molar-refractivity contribution in [3.8, 4) is 0 Å². The van der Waals surface area contributed by atoms with Gasteiger partial charge in [-0.15, -0.1) is 0 Å². The van der Waals surface area contributed by atoms with Crippen LogP contribution in [0.1, 0.15) is 65.5 Å². The minimum Gasteiger partial charge on any atom is -0.443 e. The van der Waals surface area contributed by atoms with Crippen molar-refractivity contribution in [1.29, 1.82) is 0 Å².